The third kappa shape index (κ3) is 70.0. The molecule has 0 aromatic carbocycles. The highest BCUT2D eigenvalue weighted by Gasteiger charge is 2.30. The van der Waals surface area contributed by atoms with E-state index in [9.17, 15) is 43.2 Å². The smallest absolute Gasteiger partial charge is 0.462 e. The van der Waals surface area contributed by atoms with E-state index < -0.39 is 97.5 Å². The topological polar surface area (TPSA) is 237 Å². The van der Waals surface area contributed by atoms with E-state index in [0.29, 0.717) is 31.6 Å². The van der Waals surface area contributed by atoms with Gasteiger partial charge in [-0.05, 0) is 69.1 Å². The molecule has 0 spiro atoms. The van der Waals surface area contributed by atoms with Gasteiger partial charge >= 0.3 is 39.5 Å². The van der Waals surface area contributed by atoms with Gasteiger partial charge in [0.2, 0.25) is 0 Å². The number of phosphoric acid groups is 2. The molecule has 3 N–H and O–H groups in total. The number of ether oxygens (including phenoxy) is 4. The number of hydrogen-bond donors (Lipinski definition) is 3. The highest BCUT2D eigenvalue weighted by molar-refractivity contribution is 7.47. The molecule has 0 saturated heterocycles. The molecule has 0 radical (unpaired) electrons. The zero-order valence-electron chi connectivity index (χ0n) is 62.3. The molecule has 0 aromatic heterocycles. The molecule has 0 amide bonds. The Labute approximate surface area is 586 Å². The molecule has 0 aromatic rings. The first-order chi connectivity index (χ1) is 46.2. The second-order valence-electron chi connectivity index (χ2n) is 28.5. The summed E-state index contributed by atoms with van der Waals surface area (Å²) in [5.41, 5.74) is 0. The third-order valence-corrected chi connectivity index (χ3v) is 19.2. The number of hydrogen-bond acceptors (Lipinski definition) is 15. The van der Waals surface area contributed by atoms with Crippen LogP contribution in [0.1, 0.15) is 370 Å². The van der Waals surface area contributed by atoms with E-state index in [1.165, 1.54) is 161 Å². The van der Waals surface area contributed by atoms with Crippen molar-refractivity contribution >= 4 is 39.5 Å². The van der Waals surface area contributed by atoms with Crippen LogP contribution in [0.5, 0.6) is 0 Å². The van der Waals surface area contributed by atoms with E-state index in [-0.39, 0.29) is 25.7 Å². The van der Waals surface area contributed by atoms with Crippen molar-refractivity contribution in [1.82, 2.24) is 0 Å². The standard InChI is InChI=1S/C77H146O17P2/c1-8-9-10-11-12-13-14-15-16-19-26-31-38-46-53-60-76(81)93-72(64-87-74(79)58-51-44-37-30-25-20-17-18-23-28-34-41-48-55-68(2)3)66-91-95(83,84)89-62-71(78)63-90-96(85,86)92-67-73(65-88-75(80)59-52-45-40-33-36-43-50-57-70(6)7)94-77(82)61-54-47-39-32-27-22-21-24-29-35-42-49-56-69(4)5/h13-16,68-73,78H,8-12,17-67H2,1-7H3,(H,83,84)(H,85,86)/b14-13-,16-15-/t71?,72-,73-/m1/s1. The molecule has 566 valence electrons. The largest absolute Gasteiger partial charge is 0.472 e. The van der Waals surface area contributed by atoms with Crippen LogP contribution >= 0.6 is 15.6 Å². The Bertz CT molecular complexity index is 1960. The molecule has 3 unspecified atom stereocenters. The first kappa shape index (κ1) is 93.5. The summed E-state index contributed by atoms with van der Waals surface area (Å²) in [5.74, 6) is 0.120. The molecule has 0 saturated carbocycles. The average Bonchev–Trinajstić information content (AvgIpc) is 1.45. The fourth-order valence-corrected chi connectivity index (χ4v) is 12.8. The molecule has 0 aliphatic heterocycles. The fourth-order valence-electron chi connectivity index (χ4n) is 11.2. The molecular formula is C77H146O17P2. The zero-order chi connectivity index (χ0) is 70.9. The Morgan fingerprint density at radius 1 is 0.323 bits per heavy atom. The van der Waals surface area contributed by atoms with Gasteiger partial charge in [-0.25, -0.2) is 9.13 Å². The second kappa shape index (κ2) is 67.1. The highest BCUT2D eigenvalue weighted by Crippen LogP contribution is 2.45. The number of esters is 4. The van der Waals surface area contributed by atoms with Gasteiger partial charge in [0.05, 0.1) is 26.4 Å². The van der Waals surface area contributed by atoms with E-state index in [1.807, 2.05) is 0 Å². The molecule has 0 heterocycles. The summed E-state index contributed by atoms with van der Waals surface area (Å²) in [6, 6.07) is 0. The van der Waals surface area contributed by atoms with Gasteiger partial charge in [-0.15, -0.1) is 0 Å². The van der Waals surface area contributed by atoms with Gasteiger partial charge in [0.25, 0.3) is 0 Å². The zero-order valence-corrected chi connectivity index (χ0v) is 64.1. The number of carbonyl (C=O) groups is 4. The SMILES string of the molecule is CCCCCC/C=C\C=C/CCCCCCCC(=O)O[C@H](COC(=O)CCCCCCCCCCCCCCCC(C)C)COP(=O)(O)OCC(O)COP(=O)(O)OC[C@@H](COC(=O)CCCCCCCCCC(C)C)OC(=O)CCCCCCCCCCCCCCC(C)C. The molecule has 0 aliphatic rings. The minimum atomic E-state index is -4.97. The second-order valence-corrected chi connectivity index (χ2v) is 31.4. The predicted molar refractivity (Wildman–Crippen MR) is 390 cm³/mol. The van der Waals surface area contributed by atoms with Crippen LogP contribution in [0, 0.1) is 17.8 Å². The maximum absolute atomic E-state index is 13.1. The van der Waals surface area contributed by atoms with Gasteiger partial charge < -0.3 is 33.8 Å². The molecule has 5 atom stereocenters. The van der Waals surface area contributed by atoms with Gasteiger partial charge in [-0.2, -0.15) is 0 Å². The normalized spacial score (nSPS) is 14.2. The predicted octanol–water partition coefficient (Wildman–Crippen LogP) is 22.1. The molecule has 17 nitrogen and oxygen atoms in total. The van der Waals surface area contributed by atoms with E-state index in [1.54, 1.807) is 0 Å². The van der Waals surface area contributed by atoms with Crippen molar-refractivity contribution in [2.75, 3.05) is 39.6 Å². The first-order valence-electron chi connectivity index (χ1n) is 39.2. The van der Waals surface area contributed by atoms with E-state index >= 15 is 0 Å². The van der Waals surface area contributed by atoms with Crippen LogP contribution < -0.4 is 0 Å². The maximum atomic E-state index is 13.1. The number of phosphoric ester groups is 2. The van der Waals surface area contributed by atoms with Gasteiger partial charge in [-0.1, -0.05) is 317 Å². The van der Waals surface area contributed by atoms with Crippen LogP contribution in [0.2, 0.25) is 0 Å². The lowest BCUT2D eigenvalue weighted by molar-refractivity contribution is -0.161. The fraction of sp³-hybridized carbons (Fsp3) is 0.896. The molecule has 0 rings (SSSR count). The van der Waals surface area contributed by atoms with Crippen molar-refractivity contribution in [3.05, 3.63) is 24.3 Å². The number of rotatable bonds is 73. The molecule has 19 heteroatoms. The van der Waals surface area contributed by atoms with Crippen LogP contribution in [0.3, 0.4) is 0 Å². The summed E-state index contributed by atoms with van der Waals surface area (Å²) in [7, 11) is -9.93. The lowest BCUT2D eigenvalue weighted by atomic mass is 10.0. The third-order valence-electron chi connectivity index (χ3n) is 17.3. The molecule has 96 heavy (non-hydrogen) atoms. The van der Waals surface area contributed by atoms with Crippen LogP contribution in [0.25, 0.3) is 0 Å². The Morgan fingerprint density at radius 3 is 0.844 bits per heavy atom. The van der Waals surface area contributed by atoms with Crippen molar-refractivity contribution in [2.45, 2.75) is 388 Å². The van der Waals surface area contributed by atoms with Crippen LogP contribution in [0.15, 0.2) is 24.3 Å². The Morgan fingerprint density at radius 2 is 0.562 bits per heavy atom. The Balaban J connectivity index is 5.29. The van der Waals surface area contributed by atoms with Crippen molar-refractivity contribution in [2.24, 2.45) is 17.8 Å². The average molecular weight is 1410 g/mol. The van der Waals surface area contributed by atoms with Gasteiger partial charge in [0.1, 0.15) is 19.3 Å². The minimum absolute atomic E-state index is 0.0848. The Hall–Kier alpha value is -2.46. The Kier molecular flexibility index (Phi) is 65.3. The number of unbranched alkanes of at least 4 members (excludes halogenated alkanes) is 38. The van der Waals surface area contributed by atoms with Crippen molar-refractivity contribution in [3.8, 4) is 0 Å². The number of aliphatic hydroxyl groups excluding tert-OH is 1. The number of carbonyl (C=O) groups excluding carboxylic acids is 4. The molecule has 0 bridgehead atoms. The van der Waals surface area contributed by atoms with Gasteiger partial charge in [-0.3, -0.25) is 37.3 Å². The van der Waals surface area contributed by atoms with Crippen molar-refractivity contribution in [3.63, 3.8) is 0 Å². The highest BCUT2D eigenvalue weighted by atomic mass is 31.2. The van der Waals surface area contributed by atoms with Crippen LogP contribution in [-0.4, -0.2) is 96.7 Å². The van der Waals surface area contributed by atoms with Gasteiger partial charge in [0, 0.05) is 25.7 Å². The summed E-state index contributed by atoms with van der Waals surface area (Å²) >= 11 is 0. The minimum Gasteiger partial charge on any atom is -0.462 e. The summed E-state index contributed by atoms with van der Waals surface area (Å²) in [6.07, 6.45) is 56.3. The first-order valence-corrected chi connectivity index (χ1v) is 42.2. The van der Waals surface area contributed by atoms with Gasteiger partial charge in [0.15, 0.2) is 12.2 Å². The summed E-state index contributed by atoms with van der Waals surface area (Å²) in [6.45, 7) is 11.8. The quantitative estimate of drug-likeness (QED) is 0.0169. The summed E-state index contributed by atoms with van der Waals surface area (Å²) in [4.78, 5) is 72.8. The molecular weight excluding hydrogens is 1260 g/mol. The lowest BCUT2D eigenvalue weighted by Gasteiger charge is -2.21. The summed E-state index contributed by atoms with van der Waals surface area (Å²) < 4.78 is 68.5. The van der Waals surface area contributed by atoms with E-state index in [4.69, 9.17) is 37.0 Å². The monoisotopic (exact) mass is 1410 g/mol. The van der Waals surface area contributed by atoms with Crippen LogP contribution in [0.4, 0.5) is 0 Å². The van der Waals surface area contributed by atoms with E-state index in [0.717, 1.165) is 121 Å². The molecule has 0 fully saturated rings. The number of allylic oxidation sites excluding steroid dienone is 4. The van der Waals surface area contributed by atoms with Crippen molar-refractivity contribution < 1.29 is 80.2 Å². The number of aliphatic hydroxyl groups is 1. The van der Waals surface area contributed by atoms with Crippen LogP contribution in [-0.2, 0) is 65.4 Å². The summed E-state index contributed by atoms with van der Waals surface area (Å²) in [5, 5.41) is 10.6. The van der Waals surface area contributed by atoms with E-state index in [2.05, 4.69) is 72.8 Å². The maximum Gasteiger partial charge on any atom is 0.472 e. The van der Waals surface area contributed by atoms with Crippen molar-refractivity contribution in [1.29, 1.82) is 0 Å². The molecule has 0 aliphatic carbocycles. The lowest BCUT2D eigenvalue weighted by Crippen LogP contribution is -2.30.